The second-order valence-corrected chi connectivity index (χ2v) is 6.95. The molecule has 0 N–H and O–H groups in total. The van der Waals surface area contributed by atoms with Crippen LogP contribution in [0.25, 0.3) is 5.65 Å². The summed E-state index contributed by atoms with van der Waals surface area (Å²) in [6, 6.07) is 10.9. The van der Waals surface area contributed by atoms with Gasteiger partial charge in [0.15, 0.2) is 5.82 Å². The van der Waals surface area contributed by atoms with Crippen LogP contribution < -0.4 is 4.90 Å². The van der Waals surface area contributed by atoms with E-state index in [1.807, 2.05) is 12.4 Å². The molecule has 24 heavy (non-hydrogen) atoms. The molecule has 0 radical (unpaired) electrons. The molecular formula is C19H21N5. The Labute approximate surface area is 141 Å². The number of benzene rings is 1. The van der Waals surface area contributed by atoms with Crippen LogP contribution in [0.15, 0.2) is 42.7 Å². The summed E-state index contributed by atoms with van der Waals surface area (Å²) >= 11 is 0. The summed E-state index contributed by atoms with van der Waals surface area (Å²) < 4.78 is 2.14. The molecule has 1 saturated heterocycles. The minimum atomic E-state index is 0.596. The van der Waals surface area contributed by atoms with Crippen molar-refractivity contribution < 1.29 is 0 Å². The van der Waals surface area contributed by atoms with E-state index >= 15 is 0 Å². The van der Waals surface area contributed by atoms with Crippen molar-refractivity contribution >= 4 is 11.5 Å². The molecule has 5 rings (SSSR count). The minimum absolute atomic E-state index is 0.596. The predicted octanol–water partition coefficient (Wildman–Crippen LogP) is 3.39. The van der Waals surface area contributed by atoms with Crippen LogP contribution in [0.2, 0.25) is 0 Å². The third-order valence-corrected chi connectivity index (χ3v) is 5.34. The third-order valence-electron chi connectivity index (χ3n) is 5.34. The summed E-state index contributed by atoms with van der Waals surface area (Å²) in [5.74, 6) is 3.34. The number of nitrogens with zero attached hydrogens (tertiary/aromatic N) is 5. The molecule has 1 aliphatic heterocycles. The average Bonchev–Trinajstić information content (AvgIpc) is 3.41. The Morgan fingerprint density at radius 3 is 2.42 bits per heavy atom. The van der Waals surface area contributed by atoms with Crippen LogP contribution in [0.3, 0.4) is 0 Å². The average molecular weight is 319 g/mol. The molecule has 2 aliphatic rings. The molecule has 2 fully saturated rings. The van der Waals surface area contributed by atoms with Crippen molar-refractivity contribution in [2.45, 2.75) is 37.5 Å². The number of aromatic nitrogens is 4. The molecule has 3 aromatic rings. The smallest absolute Gasteiger partial charge is 0.203 e. The SMILES string of the molecule is c1ccc(C2CCN(c3nccn4c(C5CC5)nnc34)CC2)cc1. The quantitative estimate of drug-likeness (QED) is 0.742. The number of anilines is 1. The van der Waals surface area contributed by atoms with E-state index in [0.717, 1.165) is 43.2 Å². The highest BCUT2D eigenvalue weighted by Crippen LogP contribution is 2.39. The molecule has 1 aliphatic carbocycles. The first kappa shape index (κ1) is 14.0. The van der Waals surface area contributed by atoms with Crippen LogP contribution in [0.5, 0.6) is 0 Å². The zero-order chi connectivity index (χ0) is 15.9. The Morgan fingerprint density at radius 1 is 0.875 bits per heavy atom. The Bertz CT molecular complexity index is 845. The zero-order valence-corrected chi connectivity index (χ0v) is 13.7. The van der Waals surface area contributed by atoms with Crippen molar-refractivity contribution in [3.05, 3.63) is 54.1 Å². The predicted molar refractivity (Wildman–Crippen MR) is 93.4 cm³/mol. The highest BCUT2D eigenvalue weighted by Gasteiger charge is 2.30. The highest BCUT2D eigenvalue weighted by molar-refractivity contribution is 5.64. The molecular weight excluding hydrogens is 298 g/mol. The lowest BCUT2D eigenvalue weighted by Gasteiger charge is -2.33. The van der Waals surface area contributed by atoms with Gasteiger partial charge in [-0.1, -0.05) is 30.3 Å². The van der Waals surface area contributed by atoms with Gasteiger partial charge in [0.25, 0.3) is 0 Å². The van der Waals surface area contributed by atoms with E-state index in [0.29, 0.717) is 11.8 Å². The maximum absolute atomic E-state index is 4.62. The fraction of sp³-hybridized carbons (Fsp3) is 0.421. The molecule has 0 bridgehead atoms. The Kier molecular flexibility index (Phi) is 3.25. The van der Waals surface area contributed by atoms with Gasteiger partial charge in [-0.15, -0.1) is 10.2 Å². The molecule has 1 aromatic carbocycles. The van der Waals surface area contributed by atoms with Gasteiger partial charge in [0.05, 0.1) is 0 Å². The fourth-order valence-corrected chi connectivity index (χ4v) is 3.82. The molecule has 5 heteroatoms. The maximum Gasteiger partial charge on any atom is 0.203 e. The third kappa shape index (κ3) is 2.35. The summed E-state index contributed by atoms with van der Waals surface area (Å²) in [6.45, 7) is 2.05. The standard InChI is InChI=1S/C19H21N5/c1-2-4-14(5-3-1)15-8-11-23(12-9-15)18-19-22-21-17(16-6-7-16)24(19)13-10-20-18/h1-5,10,13,15-16H,6-9,11-12H2. The van der Waals surface area contributed by atoms with Gasteiger partial charge in [-0.2, -0.15) is 0 Å². The Hall–Kier alpha value is -2.43. The molecule has 0 atom stereocenters. The zero-order valence-electron chi connectivity index (χ0n) is 13.7. The van der Waals surface area contributed by atoms with Crippen molar-refractivity contribution in [1.82, 2.24) is 19.6 Å². The lowest BCUT2D eigenvalue weighted by molar-refractivity contribution is 0.503. The summed E-state index contributed by atoms with van der Waals surface area (Å²) in [7, 11) is 0. The van der Waals surface area contributed by atoms with E-state index in [9.17, 15) is 0 Å². The number of hydrogen-bond acceptors (Lipinski definition) is 4. The molecule has 2 aromatic heterocycles. The van der Waals surface area contributed by atoms with E-state index in [1.165, 1.54) is 18.4 Å². The van der Waals surface area contributed by atoms with Crippen molar-refractivity contribution in [3.8, 4) is 0 Å². The molecule has 0 spiro atoms. The van der Waals surface area contributed by atoms with Gasteiger partial charge in [-0.05, 0) is 37.2 Å². The first-order valence-corrected chi connectivity index (χ1v) is 8.89. The van der Waals surface area contributed by atoms with Gasteiger partial charge in [0, 0.05) is 31.4 Å². The van der Waals surface area contributed by atoms with E-state index in [-0.39, 0.29) is 0 Å². The Morgan fingerprint density at radius 2 is 1.67 bits per heavy atom. The summed E-state index contributed by atoms with van der Waals surface area (Å²) in [5, 5.41) is 8.86. The number of fused-ring (bicyclic) bond motifs is 1. The van der Waals surface area contributed by atoms with Crippen LogP contribution in [0.4, 0.5) is 5.82 Å². The first-order valence-electron chi connectivity index (χ1n) is 8.89. The molecule has 5 nitrogen and oxygen atoms in total. The topological polar surface area (TPSA) is 46.3 Å². The van der Waals surface area contributed by atoms with Gasteiger partial charge in [-0.3, -0.25) is 4.40 Å². The van der Waals surface area contributed by atoms with Gasteiger partial charge in [-0.25, -0.2) is 4.98 Å². The van der Waals surface area contributed by atoms with E-state index in [4.69, 9.17) is 0 Å². The van der Waals surface area contributed by atoms with Crippen LogP contribution in [0.1, 0.15) is 48.9 Å². The van der Waals surface area contributed by atoms with E-state index in [2.05, 4.69) is 54.8 Å². The summed E-state index contributed by atoms with van der Waals surface area (Å²) in [5.41, 5.74) is 2.37. The fourth-order valence-electron chi connectivity index (χ4n) is 3.82. The van der Waals surface area contributed by atoms with Gasteiger partial charge >= 0.3 is 0 Å². The molecule has 3 heterocycles. The van der Waals surface area contributed by atoms with Gasteiger partial charge in [0.1, 0.15) is 5.82 Å². The van der Waals surface area contributed by atoms with Crippen molar-refractivity contribution in [2.24, 2.45) is 0 Å². The second kappa shape index (κ2) is 5.58. The normalized spacial score (nSPS) is 19.1. The summed E-state index contributed by atoms with van der Waals surface area (Å²) in [4.78, 5) is 7.00. The van der Waals surface area contributed by atoms with Gasteiger partial charge in [0.2, 0.25) is 5.65 Å². The van der Waals surface area contributed by atoms with Crippen LogP contribution >= 0.6 is 0 Å². The molecule has 0 amide bonds. The molecule has 122 valence electrons. The lowest BCUT2D eigenvalue weighted by Crippen LogP contribution is -2.33. The van der Waals surface area contributed by atoms with Crippen LogP contribution in [-0.2, 0) is 0 Å². The monoisotopic (exact) mass is 319 g/mol. The maximum atomic E-state index is 4.62. The van der Waals surface area contributed by atoms with Crippen LogP contribution in [-0.4, -0.2) is 32.7 Å². The summed E-state index contributed by atoms with van der Waals surface area (Å²) in [6.07, 6.45) is 8.69. The molecule has 1 saturated carbocycles. The largest absolute Gasteiger partial charge is 0.353 e. The van der Waals surface area contributed by atoms with Gasteiger partial charge < -0.3 is 4.90 Å². The van der Waals surface area contributed by atoms with Crippen molar-refractivity contribution in [3.63, 3.8) is 0 Å². The Balaban J connectivity index is 1.39. The first-order chi connectivity index (χ1) is 11.9. The lowest BCUT2D eigenvalue weighted by atomic mass is 9.89. The van der Waals surface area contributed by atoms with Crippen molar-refractivity contribution in [2.75, 3.05) is 18.0 Å². The number of rotatable bonds is 3. The second-order valence-electron chi connectivity index (χ2n) is 6.95. The van der Waals surface area contributed by atoms with Crippen LogP contribution in [0, 0.1) is 0 Å². The minimum Gasteiger partial charge on any atom is -0.353 e. The highest BCUT2D eigenvalue weighted by atomic mass is 15.3. The van der Waals surface area contributed by atoms with E-state index in [1.54, 1.807) is 0 Å². The molecule has 0 unspecified atom stereocenters. The van der Waals surface area contributed by atoms with E-state index < -0.39 is 0 Å². The number of hydrogen-bond donors (Lipinski definition) is 0. The number of piperidine rings is 1. The van der Waals surface area contributed by atoms with Crippen molar-refractivity contribution in [1.29, 1.82) is 0 Å².